The van der Waals surface area contributed by atoms with Crippen molar-refractivity contribution in [2.45, 2.75) is 4.90 Å². The highest BCUT2D eigenvalue weighted by atomic mass is 32.2. The lowest BCUT2D eigenvalue weighted by molar-refractivity contribution is 0.601. The van der Waals surface area contributed by atoms with E-state index in [4.69, 9.17) is 11.0 Å². The molecule has 0 aliphatic carbocycles. The first-order valence-corrected chi connectivity index (χ1v) is 6.89. The van der Waals surface area contributed by atoms with E-state index in [2.05, 4.69) is 4.72 Å². The van der Waals surface area contributed by atoms with Crippen molar-refractivity contribution in [1.82, 2.24) is 0 Å². The van der Waals surface area contributed by atoms with Crippen molar-refractivity contribution in [2.24, 2.45) is 0 Å². The normalized spacial score (nSPS) is 10.7. The standard InChI is InChI=1S/C13H11N3O2S/c14-9-10-4-3-5-11(8-10)16-19(17,18)13-7-2-1-6-12(13)15/h1-8,16H,15H2. The fourth-order valence-electron chi connectivity index (χ4n) is 1.59. The summed E-state index contributed by atoms with van der Waals surface area (Å²) in [6.45, 7) is 0. The Labute approximate surface area is 111 Å². The molecule has 0 aliphatic heterocycles. The third kappa shape index (κ3) is 2.84. The lowest BCUT2D eigenvalue weighted by Crippen LogP contribution is -2.14. The number of nitrogens with one attached hydrogen (secondary N) is 1. The smallest absolute Gasteiger partial charge is 0.263 e. The zero-order valence-corrected chi connectivity index (χ0v) is 10.7. The third-order valence-electron chi connectivity index (χ3n) is 2.45. The molecule has 5 nitrogen and oxygen atoms in total. The van der Waals surface area contributed by atoms with Crippen LogP contribution < -0.4 is 10.5 Å². The largest absolute Gasteiger partial charge is 0.398 e. The monoisotopic (exact) mass is 273 g/mol. The Balaban J connectivity index is 2.37. The molecule has 6 heteroatoms. The summed E-state index contributed by atoms with van der Waals surface area (Å²) in [5.41, 5.74) is 6.52. The van der Waals surface area contributed by atoms with E-state index in [1.54, 1.807) is 30.3 Å². The highest BCUT2D eigenvalue weighted by Gasteiger charge is 2.16. The fraction of sp³-hybridized carbons (Fsp3) is 0. The van der Waals surface area contributed by atoms with Gasteiger partial charge >= 0.3 is 0 Å². The number of nitrogens with two attached hydrogens (primary N) is 1. The predicted octanol–water partition coefficient (Wildman–Crippen LogP) is 1.94. The minimum absolute atomic E-state index is 0.0114. The summed E-state index contributed by atoms with van der Waals surface area (Å²) < 4.78 is 26.7. The van der Waals surface area contributed by atoms with Gasteiger partial charge in [0.25, 0.3) is 10.0 Å². The second-order valence-electron chi connectivity index (χ2n) is 3.84. The molecular weight excluding hydrogens is 262 g/mol. The van der Waals surface area contributed by atoms with E-state index in [1.807, 2.05) is 6.07 Å². The summed E-state index contributed by atoms with van der Waals surface area (Å²) in [7, 11) is -3.75. The van der Waals surface area contributed by atoms with Crippen LogP contribution in [0.25, 0.3) is 0 Å². The number of hydrogen-bond donors (Lipinski definition) is 2. The van der Waals surface area contributed by atoms with Crippen LogP contribution in [-0.4, -0.2) is 8.42 Å². The zero-order chi connectivity index (χ0) is 13.9. The number of anilines is 2. The molecule has 0 atom stereocenters. The van der Waals surface area contributed by atoms with Gasteiger partial charge in [0.1, 0.15) is 4.90 Å². The average molecular weight is 273 g/mol. The second kappa shape index (κ2) is 5.00. The molecule has 0 bridgehead atoms. The van der Waals surface area contributed by atoms with Crippen LogP contribution in [0.1, 0.15) is 5.56 Å². The van der Waals surface area contributed by atoms with Gasteiger partial charge in [0.15, 0.2) is 0 Å². The average Bonchev–Trinajstić information content (AvgIpc) is 2.38. The van der Waals surface area contributed by atoms with Crippen LogP contribution in [-0.2, 0) is 10.0 Å². The Bertz CT molecular complexity index is 748. The van der Waals surface area contributed by atoms with Crippen LogP contribution in [0, 0.1) is 11.3 Å². The topological polar surface area (TPSA) is 96.0 Å². The van der Waals surface area contributed by atoms with E-state index in [0.717, 1.165) is 0 Å². The molecule has 0 amide bonds. The first-order chi connectivity index (χ1) is 9.03. The summed E-state index contributed by atoms with van der Waals surface area (Å²) in [4.78, 5) is 0.0114. The summed E-state index contributed by atoms with van der Waals surface area (Å²) in [6, 6.07) is 14.3. The number of nitrogens with zero attached hydrogens (tertiary/aromatic N) is 1. The molecule has 0 fully saturated rings. The van der Waals surface area contributed by atoms with Crippen LogP contribution in [0.15, 0.2) is 53.4 Å². The minimum atomic E-state index is -3.75. The van der Waals surface area contributed by atoms with Crippen LogP contribution >= 0.6 is 0 Å². The van der Waals surface area contributed by atoms with Crippen molar-refractivity contribution in [3.05, 3.63) is 54.1 Å². The number of para-hydroxylation sites is 1. The van der Waals surface area contributed by atoms with Crippen LogP contribution in [0.5, 0.6) is 0 Å². The maximum absolute atomic E-state index is 12.1. The van der Waals surface area contributed by atoms with E-state index in [9.17, 15) is 8.42 Å². The minimum Gasteiger partial charge on any atom is -0.398 e. The molecule has 0 spiro atoms. The van der Waals surface area contributed by atoms with Gasteiger partial charge in [-0.05, 0) is 30.3 Å². The van der Waals surface area contributed by atoms with E-state index >= 15 is 0 Å². The van der Waals surface area contributed by atoms with Crippen LogP contribution in [0.4, 0.5) is 11.4 Å². The second-order valence-corrected chi connectivity index (χ2v) is 5.49. The first-order valence-electron chi connectivity index (χ1n) is 5.40. The van der Waals surface area contributed by atoms with Crippen molar-refractivity contribution in [1.29, 1.82) is 5.26 Å². The van der Waals surface area contributed by atoms with Gasteiger partial charge in [0.05, 0.1) is 23.0 Å². The van der Waals surface area contributed by atoms with E-state index in [0.29, 0.717) is 11.3 Å². The summed E-state index contributed by atoms with van der Waals surface area (Å²) in [5.74, 6) is 0. The number of hydrogen-bond acceptors (Lipinski definition) is 4. The molecule has 2 rings (SSSR count). The molecule has 96 valence electrons. The van der Waals surface area contributed by atoms with E-state index in [1.165, 1.54) is 18.2 Å². The SMILES string of the molecule is N#Cc1cccc(NS(=O)(=O)c2ccccc2N)c1. The maximum atomic E-state index is 12.1. The Morgan fingerprint density at radius 2 is 1.84 bits per heavy atom. The Hall–Kier alpha value is -2.52. The van der Waals surface area contributed by atoms with Gasteiger partial charge in [-0.2, -0.15) is 5.26 Å². The van der Waals surface area contributed by atoms with Crippen LogP contribution in [0.3, 0.4) is 0 Å². The molecule has 3 N–H and O–H groups in total. The maximum Gasteiger partial charge on any atom is 0.263 e. The summed E-state index contributed by atoms with van der Waals surface area (Å²) in [5, 5.41) is 8.77. The fourth-order valence-corrected chi connectivity index (χ4v) is 2.77. The van der Waals surface area contributed by atoms with Gasteiger partial charge in [0, 0.05) is 0 Å². The summed E-state index contributed by atoms with van der Waals surface area (Å²) >= 11 is 0. The Morgan fingerprint density at radius 1 is 1.11 bits per heavy atom. The number of rotatable bonds is 3. The molecule has 0 radical (unpaired) electrons. The van der Waals surface area contributed by atoms with Crippen molar-refractivity contribution in [3.8, 4) is 6.07 Å². The number of sulfonamides is 1. The number of nitrogen functional groups attached to an aromatic ring is 1. The first kappa shape index (κ1) is 12.9. The lowest BCUT2D eigenvalue weighted by Gasteiger charge is -2.09. The van der Waals surface area contributed by atoms with Crippen molar-refractivity contribution in [3.63, 3.8) is 0 Å². The van der Waals surface area contributed by atoms with Crippen molar-refractivity contribution in [2.75, 3.05) is 10.5 Å². The Morgan fingerprint density at radius 3 is 2.53 bits per heavy atom. The van der Waals surface area contributed by atoms with Gasteiger partial charge < -0.3 is 5.73 Å². The van der Waals surface area contributed by atoms with Gasteiger partial charge in [0.2, 0.25) is 0 Å². The van der Waals surface area contributed by atoms with Gasteiger partial charge in [-0.1, -0.05) is 18.2 Å². The molecule has 0 unspecified atom stereocenters. The van der Waals surface area contributed by atoms with E-state index in [-0.39, 0.29) is 10.6 Å². The zero-order valence-electron chi connectivity index (χ0n) is 9.87. The molecule has 2 aromatic rings. The van der Waals surface area contributed by atoms with E-state index < -0.39 is 10.0 Å². The molecule has 0 saturated carbocycles. The number of benzene rings is 2. The quantitative estimate of drug-likeness (QED) is 0.835. The van der Waals surface area contributed by atoms with Crippen LogP contribution in [0.2, 0.25) is 0 Å². The highest BCUT2D eigenvalue weighted by Crippen LogP contribution is 2.21. The molecule has 0 heterocycles. The van der Waals surface area contributed by atoms with Gasteiger partial charge in [-0.3, -0.25) is 4.72 Å². The lowest BCUT2D eigenvalue weighted by atomic mass is 10.2. The number of nitriles is 1. The summed E-state index contributed by atoms with van der Waals surface area (Å²) in [6.07, 6.45) is 0. The molecule has 0 aliphatic rings. The van der Waals surface area contributed by atoms with Gasteiger partial charge in [-0.25, -0.2) is 8.42 Å². The molecular formula is C13H11N3O2S. The van der Waals surface area contributed by atoms with Crippen molar-refractivity contribution < 1.29 is 8.42 Å². The predicted molar refractivity (Wildman–Crippen MR) is 72.8 cm³/mol. The molecule has 2 aromatic carbocycles. The molecule has 0 saturated heterocycles. The van der Waals surface area contributed by atoms with Gasteiger partial charge in [-0.15, -0.1) is 0 Å². The molecule has 0 aromatic heterocycles. The highest BCUT2D eigenvalue weighted by molar-refractivity contribution is 7.92. The molecule has 19 heavy (non-hydrogen) atoms. The third-order valence-corrected chi connectivity index (χ3v) is 3.91. The van der Waals surface area contributed by atoms with Crippen molar-refractivity contribution >= 4 is 21.4 Å². The Kier molecular flexibility index (Phi) is 3.40.